The third-order valence-electron chi connectivity index (χ3n) is 4.23. The van der Waals surface area contributed by atoms with Gasteiger partial charge in [-0.2, -0.15) is 0 Å². The Bertz CT molecular complexity index is 953. The highest BCUT2D eigenvalue weighted by molar-refractivity contribution is 5.95. The molecular weight excluding hydrogens is 331 g/mol. The van der Waals surface area contributed by atoms with E-state index < -0.39 is 5.82 Å². The van der Waals surface area contributed by atoms with Crippen LogP contribution in [0.3, 0.4) is 0 Å². The van der Waals surface area contributed by atoms with Gasteiger partial charge < -0.3 is 10.4 Å². The fourth-order valence-corrected chi connectivity index (χ4v) is 2.81. The molecule has 3 aromatic rings. The molecule has 0 amide bonds. The topological polar surface area (TPSA) is 62.2 Å². The predicted octanol–water partition coefficient (Wildman–Crippen LogP) is 4.43. The molecule has 1 aromatic heterocycles. The average molecular weight is 350 g/mol. The Labute approximate surface area is 151 Å². The lowest BCUT2D eigenvalue weighted by Gasteiger charge is -2.12. The molecule has 5 heteroatoms. The van der Waals surface area contributed by atoms with Crippen LogP contribution in [-0.2, 0) is 6.42 Å². The molecule has 132 valence electrons. The van der Waals surface area contributed by atoms with Gasteiger partial charge in [0.05, 0.1) is 5.56 Å². The summed E-state index contributed by atoms with van der Waals surface area (Å²) in [7, 11) is 1.78. The van der Waals surface area contributed by atoms with Crippen molar-refractivity contribution in [2.24, 2.45) is 0 Å². The number of phenols is 1. The van der Waals surface area contributed by atoms with Crippen LogP contribution in [0.2, 0.25) is 0 Å². The Morgan fingerprint density at radius 3 is 2.65 bits per heavy atom. The highest BCUT2D eigenvalue weighted by Crippen LogP contribution is 2.34. The fourth-order valence-electron chi connectivity index (χ4n) is 2.81. The normalized spacial score (nSPS) is 10.6. The molecule has 2 N–H and O–H groups in total. The van der Waals surface area contributed by atoms with Crippen molar-refractivity contribution in [3.63, 3.8) is 0 Å². The molecule has 0 aliphatic rings. The number of aromatic hydroxyl groups is 1. The maximum atomic E-state index is 15.1. The van der Waals surface area contributed by atoms with Crippen molar-refractivity contribution in [1.82, 2.24) is 4.98 Å². The van der Waals surface area contributed by atoms with Crippen molar-refractivity contribution in [2.45, 2.75) is 13.3 Å². The number of nitrogens with zero attached hydrogens (tertiary/aromatic N) is 1. The number of Topliss-reactive ketones (excluding diaryl/α,β-unsaturated/α-hetero) is 1. The number of hydrogen-bond donors (Lipinski definition) is 2. The first-order valence-electron chi connectivity index (χ1n) is 8.24. The maximum absolute atomic E-state index is 15.1. The van der Waals surface area contributed by atoms with E-state index in [0.29, 0.717) is 23.1 Å². The summed E-state index contributed by atoms with van der Waals surface area (Å²) in [4.78, 5) is 15.8. The molecule has 26 heavy (non-hydrogen) atoms. The molecule has 0 spiro atoms. The third-order valence-corrected chi connectivity index (χ3v) is 4.23. The SMILES string of the molecule is CNc1ccc(Cc2ccc(O)c(-c3cccc(C(C)=O)c3)c2F)cn1. The smallest absolute Gasteiger partial charge is 0.159 e. The molecule has 2 aromatic carbocycles. The largest absolute Gasteiger partial charge is 0.507 e. The van der Waals surface area contributed by atoms with Gasteiger partial charge in [-0.3, -0.25) is 4.79 Å². The second kappa shape index (κ2) is 7.35. The second-order valence-corrected chi connectivity index (χ2v) is 6.05. The summed E-state index contributed by atoms with van der Waals surface area (Å²) < 4.78 is 15.1. The second-order valence-electron chi connectivity index (χ2n) is 6.05. The Balaban J connectivity index is 2.00. The van der Waals surface area contributed by atoms with E-state index in [1.54, 1.807) is 43.6 Å². The minimum atomic E-state index is -0.497. The van der Waals surface area contributed by atoms with Gasteiger partial charge in [-0.25, -0.2) is 9.37 Å². The van der Waals surface area contributed by atoms with Crippen LogP contribution >= 0.6 is 0 Å². The number of pyridine rings is 1. The van der Waals surface area contributed by atoms with Crippen molar-refractivity contribution >= 4 is 11.6 Å². The van der Waals surface area contributed by atoms with Crippen molar-refractivity contribution in [3.05, 3.63) is 77.2 Å². The van der Waals surface area contributed by atoms with Gasteiger partial charge in [-0.15, -0.1) is 0 Å². The van der Waals surface area contributed by atoms with Crippen molar-refractivity contribution in [3.8, 4) is 16.9 Å². The summed E-state index contributed by atoms with van der Waals surface area (Å²) in [6, 6.07) is 13.4. The van der Waals surface area contributed by atoms with Gasteiger partial charge in [-0.05, 0) is 41.8 Å². The zero-order chi connectivity index (χ0) is 18.7. The van der Waals surface area contributed by atoms with Crippen LogP contribution in [0.5, 0.6) is 5.75 Å². The Morgan fingerprint density at radius 1 is 1.19 bits per heavy atom. The quantitative estimate of drug-likeness (QED) is 0.668. The summed E-state index contributed by atoms with van der Waals surface area (Å²) in [5.74, 6) is -0.0285. The number of nitrogens with one attached hydrogen (secondary N) is 1. The molecule has 1 heterocycles. The summed E-state index contributed by atoms with van der Waals surface area (Å²) in [5, 5.41) is 13.1. The molecule has 0 radical (unpaired) electrons. The van der Waals surface area contributed by atoms with Crippen molar-refractivity contribution in [2.75, 3.05) is 12.4 Å². The zero-order valence-corrected chi connectivity index (χ0v) is 14.6. The summed E-state index contributed by atoms with van der Waals surface area (Å²) in [6.07, 6.45) is 2.04. The van der Waals surface area contributed by atoms with E-state index in [2.05, 4.69) is 10.3 Å². The van der Waals surface area contributed by atoms with E-state index in [1.807, 2.05) is 12.1 Å². The minimum absolute atomic E-state index is 0.102. The molecule has 0 aliphatic carbocycles. The van der Waals surface area contributed by atoms with Crippen molar-refractivity contribution in [1.29, 1.82) is 0 Å². The predicted molar refractivity (Wildman–Crippen MR) is 100 cm³/mol. The van der Waals surface area contributed by atoms with Crippen LogP contribution in [0.1, 0.15) is 28.4 Å². The van der Waals surface area contributed by atoms with Gasteiger partial charge in [0.2, 0.25) is 0 Å². The van der Waals surface area contributed by atoms with Gasteiger partial charge in [0.15, 0.2) is 5.78 Å². The van der Waals surface area contributed by atoms with E-state index in [-0.39, 0.29) is 17.1 Å². The molecule has 4 nitrogen and oxygen atoms in total. The van der Waals surface area contributed by atoms with Gasteiger partial charge in [0.25, 0.3) is 0 Å². The molecule has 0 fully saturated rings. The maximum Gasteiger partial charge on any atom is 0.159 e. The van der Waals surface area contributed by atoms with E-state index in [0.717, 1.165) is 11.4 Å². The summed E-state index contributed by atoms with van der Waals surface area (Å²) in [5.41, 5.74) is 2.35. The Hall–Kier alpha value is -3.21. The Morgan fingerprint density at radius 2 is 2.00 bits per heavy atom. The number of anilines is 1. The monoisotopic (exact) mass is 350 g/mol. The minimum Gasteiger partial charge on any atom is -0.507 e. The number of benzene rings is 2. The van der Waals surface area contributed by atoms with Gasteiger partial charge >= 0.3 is 0 Å². The van der Waals surface area contributed by atoms with Crippen LogP contribution in [-0.4, -0.2) is 22.9 Å². The lowest BCUT2D eigenvalue weighted by atomic mass is 9.96. The van der Waals surface area contributed by atoms with Crippen LogP contribution in [0.4, 0.5) is 10.2 Å². The summed E-state index contributed by atoms with van der Waals surface area (Å²) in [6.45, 7) is 1.45. The number of aromatic nitrogens is 1. The van der Waals surface area contributed by atoms with Gasteiger partial charge in [-0.1, -0.05) is 30.3 Å². The van der Waals surface area contributed by atoms with E-state index in [9.17, 15) is 9.90 Å². The molecule has 0 saturated heterocycles. The van der Waals surface area contributed by atoms with Crippen molar-refractivity contribution < 1.29 is 14.3 Å². The molecule has 0 bridgehead atoms. The molecule has 0 saturated carbocycles. The number of halogens is 1. The van der Waals surface area contributed by atoms with E-state index in [4.69, 9.17) is 0 Å². The lowest BCUT2D eigenvalue weighted by Crippen LogP contribution is -1.99. The summed E-state index contributed by atoms with van der Waals surface area (Å²) >= 11 is 0. The zero-order valence-electron chi connectivity index (χ0n) is 14.6. The first-order chi connectivity index (χ1) is 12.5. The lowest BCUT2D eigenvalue weighted by molar-refractivity contribution is 0.101. The number of carbonyl (C=O) groups is 1. The van der Waals surface area contributed by atoms with Crippen LogP contribution in [0.25, 0.3) is 11.1 Å². The standard InChI is InChI=1S/C21H19FN2O2/c1-13(25)15-4-3-5-16(11-15)20-18(26)8-7-17(21(20)22)10-14-6-9-19(23-2)24-12-14/h3-9,11-12,26H,10H2,1-2H3,(H,23,24). The van der Waals surface area contributed by atoms with E-state index >= 15 is 4.39 Å². The van der Waals surface area contributed by atoms with E-state index in [1.165, 1.54) is 13.0 Å². The van der Waals surface area contributed by atoms with Crippen LogP contribution in [0, 0.1) is 5.82 Å². The first kappa shape index (κ1) is 17.6. The number of hydrogen-bond acceptors (Lipinski definition) is 4. The van der Waals surface area contributed by atoms with Crippen LogP contribution in [0.15, 0.2) is 54.7 Å². The molecule has 0 atom stereocenters. The molecule has 0 aliphatic heterocycles. The fraction of sp³-hybridized carbons (Fsp3) is 0.143. The molecule has 3 rings (SSSR count). The average Bonchev–Trinajstić information content (AvgIpc) is 2.65. The molecular formula is C21H19FN2O2. The number of phenolic OH excluding ortho intramolecular Hbond substituents is 1. The number of carbonyl (C=O) groups excluding carboxylic acids is 1. The highest BCUT2D eigenvalue weighted by Gasteiger charge is 2.16. The first-order valence-corrected chi connectivity index (χ1v) is 8.24. The Kier molecular flexibility index (Phi) is 4.98. The molecule has 0 unspecified atom stereocenters. The highest BCUT2D eigenvalue weighted by atomic mass is 19.1. The third kappa shape index (κ3) is 3.57. The number of rotatable bonds is 5. The van der Waals surface area contributed by atoms with Gasteiger partial charge in [0, 0.05) is 25.2 Å². The van der Waals surface area contributed by atoms with Gasteiger partial charge in [0.1, 0.15) is 17.4 Å². The van der Waals surface area contributed by atoms with Crippen LogP contribution < -0.4 is 5.32 Å². The number of ketones is 1.